The number of nitrogens with two attached hydrogens (primary N) is 1. The van der Waals surface area contributed by atoms with Gasteiger partial charge in [0.05, 0.1) is 4.92 Å². The molecule has 0 fully saturated rings. The largest absolute Gasteiger partial charge is 0.359 e. The van der Waals surface area contributed by atoms with E-state index in [1.165, 1.54) is 12.1 Å². The van der Waals surface area contributed by atoms with Crippen molar-refractivity contribution in [1.82, 2.24) is 4.98 Å². The van der Waals surface area contributed by atoms with Crippen LogP contribution in [-0.2, 0) is 0 Å². The second-order valence-electron chi connectivity index (χ2n) is 4.36. The average Bonchev–Trinajstić information content (AvgIpc) is 2.38. The van der Waals surface area contributed by atoms with Crippen LogP contribution in [0.2, 0.25) is 0 Å². The number of hydrogen-bond acceptors (Lipinski definition) is 6. The summed E-state index contributed by atoms with van der Waals surface area (Å²) in [6.07, 6.45) is 1.67. The zero-order valence-corrected chi connectivity index (χ0v) is 10.9. The number of aromatic nitrogens is 1. The number of hydrazine groups is 1. The fourth-order valence-electron chi connectivity index (χ4n) is 1.48. The smallest absolute Gasteiger partial charge is 0.311 e. The maximum atomic E-state index is 11.0. The molecule has 0 aliphatic carbocycles. The molecule has 1 rings (SSSR count). The number of anilines is 2. The van der Waals surface area contributed by atoms with Gasteiger partial charge in [-0.15, -0.1) is 0 Å². The number of pyridine rings is 1. The number of nitrogens with one attached hydrogen (secondary N) is 2. The summed E-state index contributed by atoms with van der Waals surface area (Å²) in [5, 5.41) is 14.1. The van der Waals surface area contributed by atoms with Crippen LogP contribution >= 0.6 is 0 Å². The van der Waals surface area contributed by atoms with E-state index in [1.807, 2.05) is 20.8 Å². The van der Waals surface area contributed by atoms with Gasteiger partial charge < -0.3 is 10.7 Å². The van der Waals surface area contributed by atoms with Crippen LogP contribution in [-0.4, -0.2) is 15.4 Å². The highest BCUT2D eigenvalue weighted by Gasteiger charge is 2.25. The summed E-state index contributed by atoms with van der Waals surface area (Å²) in [7, 11) is 0. The second-order valence-corrected chi connectivity index (χ2v) is 4.36. The first kappa shape index (κ1) is 14.2. The number of nitro groups is 1. The number of hydrogen-bond donors (Lipinski definition) is 3. The van der Waals surface area contributed by atoms with E-state index in [2.05, 4.69) is 15.7 Å². The lowest BCUT2D eigenvalue weighted by atomic mass is 9.95. The van der Waals surface area contributed by atoms with Crippen molar-refractivity contribution in [2.75, 3.05) is 10.7 Å². The topological polar surface area (TPSA) is 106 Å². The molecule has 0 saturated heterocycles. The molecule has 0 bridgehead atoms. The molecule has 4 N–H and O–H groups in total. The SMILES string of the molecule is CCC(C)(CC)Nc1nc(NN)ccc1[N+](=O)[O-]. The lowest BCUT2D eigenvalue weighted by Crippen LogP contribution is -2.33. The van der Waals surface area contributed by atoms with E-state index < -0.39 is 4.92 Å². The molecule has 1 aromatic heterocycles. The van der Waals surface area contributed by atoms with Crippen molar-refractivity contribution in [1.29, 1.82) is 0 Å². The van der Waals surface area contributed by atoms with Gasteiger partial charge in [0.25, 0.3) is 0 Å². The third-order valence-corrected chi connectivity index (χ3v) is 3.20. The zero-order chi connectivity index (χ0) is 13.8. The minimum absolute atomic E-state index is 0.0536. The molecule has 0 spiro atoms. The molecule has 0 atom stereocenters. The summed E-state index contributed by atoms with van der Waals surface area (Å²) in [5.74, 6) is 5.89. The molecule has 7 nitrogen and oxygen atoms in total. The molecule has 100 valence electrons. The van der Waals surface area contributed by atoms with Gasteiger partial charge in [-0.25, -0.2) is 10.8 Å². The molecule has 1 heterocycles. The Hall–Kier alpha value is -1.89. The molecule has 1 aromatic rings. The summed E-state index contributed by atoms with van der Waals surface area (Å²) < 4.78 is 0. The first-order valence-electron chi connectivity index (χ1n) is 5.86. The molecule has 0 aromatic carbocycles. The van der Waals surface area contributed by atoms with Crippen molar-refractivity contribution >= 4 is 17.3 Å². The molecule has 0 aliphatic rings. The number of rotatable bonds is 6. The van der Waals surface area contributed by atoms with Crippen molar-refractivity contribution < 1.29 is 4.92 Å². The molecule has 0 radical (unpaired) electrons. The van der Waals surface area contributed by atoms with Crippen molar-refractivity contribution in [3.05, 3.63) is 22.2 Å². The van der Waals surface area contributed by atoms with Gasteiger partial charge in [-0.1, -0.05) is 13.8 Å². The molecule has 7 heteroatoms. The van der Waals surface area contributed by atoms with Crippen molar-refractivity contribution in [3.8, 4) is 0 Å². The van der Waals surface area contributed by atoms with Gasteiger partial charge in [0.2, 0.25) is 5.82 Å². The quantitative estimate of drug-likeness (QED) is 0.408. The van der Waals surface area contributed by atoms with Crippen molar-refractivity contribution in [3.63, 3.8) is 0 Å². The summed E-state index contributed by atoms with van der Waals surface area (Å²) in [6, 6.07) is 2.86. The molecule has 0 saturated carbocycles. The lowest BCUT2D eigenvalue weighted by molar-refractivity contribution is -0.384. The Balaban J connectivity index is 3.15. The van der Waals surface area contributed by atoms with Crippen LogP contribution in [0.1, 0.15) is 33.6 Å². The van der Waals surface area contributed by atoms with Crippen LogP contribution in [0, 0.1) is 10.1 Å². The van der Waals surface area contributed by atoms with E-state index in [9.17, 15) is 10.1 Å². The fraction of sp³-hybridized carbons (Fsp3) is 0.545. The van der Waals surface area contributed by atoms with E-state index in [4.69, 9.17) is 5.84 Å². The predicted octanol–water partition coefficient (Wildman–Crippen LogP) is 2.27. The van der Waals surface area contributed by atoms with Gasteiger partial charge in [0.15, 0.2) is 0 Å². The first-order chi connectivity index (χ1) is 8.45. The molecule has 18 heavy (non-hydrogen) atoms. The third-order valence-electron chi connectivity index (χ3n) is 3.20. The summed E-state index contributed by atoms with van der Waals surface area (Å²) in [6.45, 7) is 6.04. The monoisotopic (exact) mass is 253 g/mol. The Bertz CT molecular complexity index is 431. The van der Waals surface area contributed by atoms with Crippen LogP contribution in [0.3, 0.4) is 0 Å². The number of nitrogen functional groups attached to an aromatic ring is 1. The van der Waals surface area contributed by atoms with Gasteiger partial charge in [0, 0.05) is 11.6 Å². The van der Waals surface area contributed by atoms with Crippen molar-refractivity contribution in [2.45, 2.75) is 39.2 Å². The molecular formula is C11H19N5O2. The van der Waals surface area contributed by atoms with Gasteiger partial charge in [-0.05, 0) is 25.8 Å². The predicted molar refractivity (Wildman–Crippen MR) is 71.3 cm³/mol. The lowest BCUT2D eigenvalue weighted by Gasteiger charge is -2.28. The van der Waals surface area contributed by atoms with Crippen LogP contribution < -0.4 is 16.6 Å². The van der Waals surface area contributed by atoms with Gasteiger partial charge >= 0.3 is 5.69 Å². The van der Waals surface area contributed by atoms with Crippen molar-refractivity contribution in [2.24, 2.45) is 5.84 Å². The van der Waals surface area contributed by atoms with E-state index in [0.29, 0.717) is 5.82 Å². The number of nitrogens with zero attached hydrogens (tertiary/aromatic N) is 2. The summed E-state index contributed by atoms with van der Waals surface area (Å²) >= 11 is 0. The molecule has 0 unspecified atom stereocenters. The van der Waals surface area contributed by atoms with Crippen LogP contribution in [0.5, 0.6) is 0 Å². The minimum Gasteiger partial charge on any atom is -0.359 e. The van der Waals surface area contributed by atoms with E-state index >= 15 is 0 Å². The van der Waals surface area contributed by atoms with E-state index in [1.54, 1.807) is 0 Å². The highest BCUT2D eigenvalue weighted by molar-refractivity contribution is 5.61. The standard InChI is InChI=1S/C11H19N5O2/c1-4-11(3,5-2)14-10-8(16(17)18)6-7-9(13-10)15-12/h6-7H,4-5,12H2,1-3H3,(H2,13,14,15). The van der Waals surface area contributed by atoms with Crippen LogP contribution in [0.25, 0.3) is 0 Å². The fourth-order valence-corrected chi connectivity index (χ4v) is 1.48. The molecule has 0 amide bonds. The highest BCUT2D eigenvalue weighted by Crippen LogP contribution is 2.28. The normalized spacial score (nSPS) is 11.1. The Morgan fingerprint density at radius 3 is 2.50 bits per heavy atom. The Labute approximate surface area is 106 Å². The van der Waals surface area contributed by atoms with Gasteiger partial charge in [-0.3, -0.25) is 10.1 Å². The maximum Gasteiger partial charge on any atom is 0.311 e. The van der Waals surface area contributed by atoms with Crippen LogP contribution in [0.4, 0.5) is 17.3 Å². The minimum atomic E-state index is -0.457. The van der Waals surface area contributed by atoms with E-state index in [-0.39, 0.29) is 17.0 Å². The Kier molecular flexibility index (Phi) is 4.43. The summed E-state index contributed by atoms with van der Waals surface area (Å²) in [5.41, 5.74) is 2.10. The molecular weight excluding hydrogens is 234 g/mol. The average molecular weight is 253 g/mol. The zero-order valence-electron chi connectivity index (χ0n) is 10.9. The molecule has 0 aliphatic heterocycles. The first-order valence-corrected chi connectivity index (χ1v) is 5.86. The van der Waals surface area contributed by atoms with E-state index in [0.717, 1.165) is 12.8 Å². The Morgan fingerprint density at radius 2 is 2.06 bits per heavy atom. The maximum absolute atomic E-state index is 11.0. The van der Waals surface area contributed by atoms with Gasteiger partial charge in [0.1, 0.15) is 5.82 Å². The second kappa shape index (κ2) is 5.63. The third kappa shape index (κ3) is 3.07. The van der Waals surface area contributed by atoms with Gasteiger partial charge in [-0.2, -0.15) is 0 Å². The summed E-state index contributed by atoms with van der Waals surface area (Å²) in [4.78, 5) is 14.6. The van der Waals surface area contributed by atoms with Crippen LogP contribution in [0.15, 0.2) is 12.1 Å². The Morgan fingerprint density at radius 1 is 1.44 bits per heavy atom. The highest BCUT2D eigenvalue weighted by atomic mass is 16.6.